The van der Waals surface area contributed by atoms with Crippen molar-refractivity contribution < 1.29 is 14.3 Å². The highest BCUT2D eigenvalue weighted by Crippen LogP contribution is 2.40. The molecule has 0 saturated heterocycles. The van der Waals surface area contributed by atoms with E-state index in [-0.39, 0.29) is 17.3 Å². The lowest BCUT2D eigenvalue weighted by molar-refractivity contribution is -0.139. The average molecular weight is 278 g/mol. The summed E-state index contributed by atoms with van der Waals surface area (Å²) < 4.78 is 10.9. The van der Waals surface area contributed by atoms with E-state index in [4.69, 9.17) is 9.47 Å². The Morgan fingerprint density at radius 1 is 1.37 bits per heavy atom. The molecule has 102 valence electrons. The van der Waals surface area contributed by atoms with Crippen molar-refractivity contribution in [1.29, 1.82) is 0 Å². The van der Waals surface area contributed by atoms with Crippen molar-refractivity contribution in [3.05, 3.63) is 41.7 Å². The molecule has 0 radical (unpaired) electrons. The number of benzene rings is 1. The lowest BCUT2D eigenvalue weighted by atomic mass is 10.0. The topological polar surface area (TPSA) is 35.5 Å². The van der Waals surface area contributed by atoms with E-state index in [1.807, 2.05) is 51.1 Å². The quantitative estimate of drug-likeness (QED) is 0.788. The second-order valence-corrected chi connectivity index (χ2v) is 5.57. The molecule has 0 N–H and O–H groups in total. The molecule has 0 bridgehead atoms. The molecule has 2 atom stereocenters. The Morgan fingerprint density at radius 2 is 2.05 bits per heavy atom. The molecule has 1 aromatic carbocycles. The van der Waals surface area contributed by atoms with Gasteiger partial charge in [-0.25, -0.2) is 4.79 Å². The molecule has 0 amide bonds. The maximum absolute atomic E-state index is 11.9. The summed E-state index contributed by atoms with van der Waals surface area (Å²) in [6, 6.07) is 10.1. The van der Waals surface area contributed by atoms with Crippen molar-refractivity contribution in [1.82, 2.24) is 0 Å². The van der Waals surface area contributed by atoms with Crippen LogP contribution in [0.5, 0.6) is 0 Å². The molecule has 0 saturated carbocycles. The third-order valence-electron chi connectivity index (χ3n) is 3.03. The van der Waals surface area contributed by atoms with Gasteiger partial charge in [0.2, 0.25) is 0 Å². The Hall–Kier alpha value is -1.42. The number of esters is 1. The highest BCUT2D eigenvalue weighted by Gasteiger charge is 2.36. The highest BCUT2D eigenvalue weighted by atomic mass is 32.2. The molecule has 1 aliphatic heterocycles. The summed E-state index contributed by atoms with van der Waals surface area (Å²) in [6.07, 6.45) is 0. The molecular weight excluding hydrogens is 260 g/mol. The minimum Gasteiger partial charge on any atom is -0.483 e. The molecule has 1 aromatic rings. The zero-order valence-corrected chi connectivity index (χ0v) is 12.2. The smallest absolute Gasteiger partial charge is 0.337 e. The fourth-order valence-corrected chi connectivity index (χ4v) is 3.21. The first-order valence-corrected chi connectivity index (χ1v) is 7.27. The number of hydrogen-bond donors (Lipinski definition) is 0. The van der Waals surface area contributed by atoms with Crippen LogP contribution in [0.3, 0.4) is 0 Å². The second kappa shape index (κ2) is 6.15. The molecule has 19 heavy (non-hydrogen) atoms. The zero-order valence-electron chi connectivity index (χ0n) is 11.4. The van der Waals surface area contributed by atoms with Gasteiger partial charge >= 0.3 is 5.97 Å². The molecule has 3 nitrogen and oxygen atoms in total. The van der Waals surface area contributed by atoms with Gasteiger partial charge in [-0.05, 0) is 26.0 Å². The van der Waals surface area contributed by atoms with Crippen LogP contribution in [0.2, 0.25) is 0 Å². The van der Waals surface area contributed by atoms with Crippen molar-refractivity contribution in [2.75, 3.05) is 6.61 Å². The van der Waals surface area contributed by atoms with Gasteiger partial charge in [-0.15, -0.1) is 0 Å². The van der Waals surface area contributed by atoms with Crippen LogP contribution in [0, 0.1) is 5.92 Å². The Labute approximate surface area is 118 Å². The summed E-state index contributed by atoms with van der Waals surface area (Å²) in [5, 5.41) is 0. The molecule has 0 aromatic heterocycles. The van der Waals surface area contributed by atoms with Gasteiger partial charge in [-0.1, -0.05) is 36.9 Å². The number of hydrogen-bond acceptors (Lipinski definition) is 4. The van der Waals surface area contributed by atoms with Gasteiger partial charge in [0, 0.05) is 10.8 Å². The van der Waals surface area contributed by atoms with Crippen LogP contribution < -0.4 is 0 Å². The Bertz CT molecular complexity index is 481. The van der Waals surface area contributed by atoms with Crippen molar-refractivity contribution in [2.24, 2.45) is 5.92 Å². The number of carbonyl (C=O) groups is 1. The number of rotatable bonds is 4. The number of thioether (sulfide) groups is 1. The largest absolute Gasteiger partial charge is 0.483 e. The SMILES string of the molecule is CCOC(=O)C1=C(C)O[C@H](Sc2ccccc2)[C@H]1C. The summed E-state index contributed by atoms with van der Waals surface area (Å²) in [6.45, 7) is 6.03. The summed E-state index contributed by atoms with van der Waals surface area (Å²) in [7, 11) is 0. The lowest BCUT2D eigenvalue weighted by Gasteiger charge is -2.16. The van der Waals surface area contributed by atoms with Crippen molar-refractivity contribution in [2.45, 2.75) is 31.1 Å². The summed E-state index contributed by atoms with van der Waals surface area (Å²) in [4.78, 5) is 13.0. The van der Waals surface area contributed by atoms with Crippen molar-refractivity contribution >= 4 is 17.7 Å². The van der Waals surface area contributed by atoms with Gasteiger partial charge in [0.1, 0.15) is 5.76 Å². The van der Waals surface area contributed by atoms with E-state index in [1.54, 1.807) is 11.8 Å². The first-order valence-electron chi connectivity index (χ1n) is 6.39. The van der Waals surface area contributed by atoms with Crippen LogP contribution in [-0.4, -0.2) is 18.0 Å². The van der Waals surface area contributed by atoms with Crippen LogP contribution in [0.25, 0.3) is 0 Å². The van der Waals surface area contributed by atoms with E-state index < -0.39 is 0 Å². The van der Waals surface area contributed by atoms with E-state index >= 15 is 0 Å². The standard InChI is InChI=1S/C15H18O3S/c1-4-17-14(16)13-10(2)15(18-11(13)3)19-12-8-6-5-7-9-12/h5-10,15H,4H2,1-3H3/t10-,15+/m0/s1. The monoisotopic (exact) mass is 278 g/mol. The number of ether oxygens (including phenoxy) is 2. The fraction of sp³-hybridized carbons (Fsp3) is 0.400. The number of carbonyl (C=O) groups excluding carboxylic acids is 1. The molecular formula is C15H18O3S. The van der Waals surface area contributed by atoms with Crippen molar-refractivity contribution in [3.63, 3.8) is 0 Å². The predicted octanol–water partition coefficient (Wildman–Crippen LogP) is 3.61. The molecule has 0 unspecified atom stereocenters. The molecule has 4 heteroatoms. The normalized spacial score (nSPS) is 22.3. The summed E-state index contributed by atoms with van der Waals surface area (Å²) in [5.41, 5.74) is 0.595. The van der Waals surface area contributed by atoms with Gasteiger partial charge in [-0.3, -0.25) is 0 Å². The zero-order chi connectivity index (χ0) is 13.8. The molecule has 2 rings (SSSR count). The molecule has 1 heterocycles. The van der Waals surface area contributed by atoms with E-state index in [2.05, 4.69) is 0 Å². The van der Waals surface area contributed by atoms with E-state index in [1.165, 1.54) is 0 Å². The first kappa shape index (κ1) is 14.0. The molecule has 0 fully saturated rings. The Morgan fingerprint density at radius 3 is 2.68 bits per heavy atom. The van der Waals surface area contributed by atoms with Gasteiger partial charge in [0.05, 0.1) is 12.2 Å². The van der Waals surface area contributed by atoms with Crippen LogP contribution in [0.4, 0.5) is 0 Å². The lowest BCUT2D eigenvalue weighted by Crippen LogP contribution is -2.17. The van der Waals surface area contributed by atoms with Gasteiger partial charge < -0.3 is 9.47 Å². The summed E-state index contributed by atoms with van der Waals surface area (Å²) in [5.74, 6) is 0.451. The minimum atomic E-state index is -0.260. The second-order valence-electron chi connectivity index (χ2n) is 4.40. The van der Waals surface area contributed by atoms with Crippen LogP contribution in [-0.2, 0) is 14.3 Å². The van der Waals surface area contributed by atoms with Gasteiger partial charge in [0.15, 0.2) is 5.44 Å². The molecule has 1 aliphatic rings. The fourth-order valence-electron chi connectivity index (χ4n) is 2.09. The predicted molar refractivity (Wildman–Crippen MR) is 75.7 cm³/mol. The van der Waals surface area contributed by atoms with E-state index in [9.17, 15) is 4.79 Å². The minimum absolute atomic E-state index is 0.0317. The Balaban J connectivity index is 2.07. The van der Waals surface area contributed by atoms with Gasteiger partial charge in [0.25, 0.3) is 0 Å². The van der Waals surface area contributed by atoms with Crippen molar-refractivity contribution in [3.8, 4) is 0 Å². The molecule has 0 spiro atoms. The first-order chi connectivity index (χ1) is 9.13. The summed E-state index contributed by atoms with van der Waals surface area (Å²) >= 11 is 1.63. The maximum Gasteiger partial charge on any atom is 0.337 e. The maximum atomic E-state index is 11.9. The third kappa shape index (κ3) is 3.13. The van der Waals surface area contributed by atoms with Crippen LogP contribution in [0.15, 0.2) is 46.6 Å². The third-order valence-corrected chi connectivity index (χ3v) is 4.31. The van der Waals surface area contributed by atoms with Crippen LogP contribution >= 0.6 is 11.8 Å². The van der Waals surface area contributed by atoms with E-state index in [0.717, 1.165) is 4.90 Å². The number of allylic oxidation sites excluding steroid dienone is 1. The molecule has 0 aliphatic carbocycles. The van der Waals surface area contributed by atoms with E-state index in [0.29, 0.717) is 17.9 Å². The average Bonchev–Trinajstić information content (AvgIpc) is 2.66. The Kier molecular flexibility index (Phi) is 4.53. The van der Waals surface area contributed by atoms with Crippen LogP contribution in [0.1, 0.15) is 20.8 Å². The van der Waals surface area contributed by atoms with Gasteiger partial charge in [-0.2, -0.15) is 0 Å². The highest BCUT2D eigenvalue weighted by molar-refractivity contribution is 7.99.